The Kier molecular flexibility index (Phi) is 4.42. The van der Waals surface area contributed by atoms with Gasteiger partial charge in [0.25, 0.3) is 5.56 Å². The smallest absolute Gasteiger partial charge is 0.258 e. The molecule has 2 atom stereocenters. The molecule has 5 heteroatoms. The van der Waals surface area contributed by atoms with Gasteiger partial charge in [-0.15, -0.1) is 0 Å². The second-order valence-electron chi connectivity index (χ2n) is 8.52. The SMILES string of the molecule is O=c1cc(OCc2ccccc2)ccn1-c1ccc2c3c(oc2c1)CC1CCCC3N1. The topological polar surface area (TPSA) is 56.4 Å². The van der Waals surface area contributed by atoms with Gasteiger partial charge < -0.3 is 14.5 Å². The van der Waals surface area contributed by atoms with Crippen LogP contribution in [0.15, 0.2) is 76.1 Å². The molecule has 5 nitrogen and oxygen atoms in total. The molecule has 156 valence electrons. The lowest BCUT2D eigenvalue weighted by molar-refractivity contribution is 0.284. The number of benzene rings is 2. The molecule has 0 saturated carbocycles. The molecule has 0 spiro atoms. The van der Waals surface area contributed by atoms with Crippen molar-refractivity contribution < 1.29 is 9.15 Å². The van der Waals surface area contributed by atoms with Crippen LogP contribution in [-0.4, -0.2) is 10.6 Å². The van der Waals surface area contributed by atoms with Gasteiger partial charge in [0, 0.05) is 47.8 Å². The molecule has 6 rings (SSSR count). The zero-order valence-corrected chi connectivity index (χ0v) is 17.2. The van der Waals surface area contributed by atoms with Gasteiger partial charge in [-0.1, -0.05) is 30.3 Å². The molecule has 2 aromatic heterocycles. The maximum Gasteiger partial charge on any atom is 0.258 e. The fraction of sp³-hybridized carbons (Fsp3) is 0.269. The normalized spacial score (nSPS) is 19.9. The number of ether oxygens (including phenoxy) is 1. The van der Waals surface area contributed by atoms with Crippen molar-refractivity contribution in [2.45, 2.75) is 44.4 Å². The Morgan fingerprint density at radius 3 is 2.84 bits per heavy atom. The number of nitrogens with one attached hydrogen (secondary N) is 1. The number of hydrogen-bond acceptors (Lipinski definition) is 4. The molecule has 0 aliphatic carbocycles. The Hall–Kier alpha value is -3.31. The van der Waals surface area contributed by atoms with E-state index >= 15 is 0 Å². The Morgan fingerprint density at radius 2 is 1.97 bits per heavy atom. The Labute approximate surface area is 180 Å². The van der Waals surface area contributed by atoms with Crippen molar-refractivity contribution in [3.63, 3.8) is 0 Å². The average Bonchev–Trinajstić information content (AvgIpc) is 3.16. The largest absolute Gasteiger partial charge is 0.489 e. The summed E-state index contributed by atoms with van der Waals surface area (Å²) in [6, 6.07) is 20.3. The zero-order valence-electron chi connectivity index (χ0n) is 17.2. The lowest BCUT2D eigenvalue weighted by atomic mass is 9.84. The zero-order chi connectivity index (χ0) is 20.8. The first-order valence-electron chi connectivity index (χ1n) is 11.0. The van der Waals surface area contributed by atoms with Gasteiger partial charge in [-0.2, -0.15) is 0 Å². The molecule has 2 aliphatic rings. The molecule has 31 heavy (non-hydrogen) atoms. The minimum atomic E-state index is -0.126. The minimum Gasteiger partial charge on any atom is -0.489 e. The maximum absolute atomic E-state index is 12.8. The number of hydrogen-bond donors (Lipinski definition) is 1. The van der Waals surface area contributed by atoms with Gasteiger partial charge in [0.1, 0.15) is 23.7 Å². The lowest BCUT2D eigenvalue weighted by Gasteiger charge is -2.35. The summed E-state index contributed by atoms with van der Waals surface area (Å²) in [4.78, 5) is 12.8. The van der Waals surface area contributed by atoms with Crippen LogP contribution < -0.4 is 15.6 Å². The van der Waals surface area contributed by atoms with Gasteiger partial charge in [0.2, 0.25) is 0 Å². The summed E-state index contributed by atoms with van der Waals surface area (Å²) in [5, 5.41) is 4.90. The van der Waals surface area contributed by atoms with Crippen LogP contribution >= 0.6 is 0 Å². The average molecular weight is 412 g/mol. The summed E-state index contributed by atoms with van der Waals surface area (Å²) >= 11 is 0. The van der Waals surface area contributed by atoms with E-state index in [1.165, 1.54) is 24.5 Å². The summed E-state index contributed by atoms with van der Waals surface area (Å²) in [7, 11) is 0. The van der Waals surface area contributed by atoms with E-state index in [1.807, 2.05) is 48.5 Å². The maximum atomic E-state index is 12.8. The second kappa shape index (κ2) is 7.43. The summed E-state index contributed by atoms with van der Waals surface area (Å²) < 4.78 is 13.7. The third kappa shape index (κ3) is 3.35. The molecule has 4 heterocycles. The molecular weight excluding hydrogens is 388 g/mol. The van der Waals surface area contributed by atoms with Crippen molar-refractivity contribution in [3.05, 3.63) is 94.1 Å². The minimum absolute atomic E-state index is 0.126. The molecular formula is C26H24N2O3. The van der Waals surface area contributed by atoms with Crippen molar-refractivity contribution in [1.82, 2.24) is 9.88 Å². The van der Waals surface area contributed by atoms with E-state index in [0.29, 0.717) is 24.4 Å². The quantitative estimate of drug-likeness (QED) is 0.518. The number of piperidine rings is 1. The number of pyridine rings is 1. The highest BCUT2D eigenvalue weighted by Gasteiger charge is 2.33. The van der Waals surface area contributed by atoms with E-state index < -0.39 is 0 Å². The first-order valence-corrected chi connectivity index (χ1v) is 11.0. The summed E-state index contributed by atoms with van der Waals surface area (Å²) in [6.45, 7) is 0.435. The van der Waals surface area contributed by atoms with Crippen LogP contribution in [0.5, 0.6) is 5.75 Å². The van der Waals surface area contributed by atoms with Crippen LogP contribution in [0, 0.1) is 0 Å². The van der Waals surface area contributed by atoms with Gasteiger partial charge in [0.05, 0.1) is 5.69 Å². The third-order valence-electron chi connectivity index (χ3n) is 6.47. The van der Waals surface area contributed by atoms with Crippen LogP contribution in [0.3, 0.4) is 0 Å². The first-order chi connectivity index (χ1) is 15.2. The van der Waals surface area contributed by atoms with E-state index in [2.05, 4.69) is 11.4 Å². The van der Waals surface area contributed by atoms with Crippen molar-refractivity contribution in [1.29, 1.82) is 0 Å². The molecule has 0 radical (unpaired) electrons. The lowest BCUT2D eigenvalue weighted by Crippen LogP contribution is -2.42. The van der Waals surface area contributed by atoms with Gasteiger partial charge in [-0.25, -0.2) is 0 Å². The molecule has 0 amide bonds. The van der Waals surface area contributed by atoms with Crippen LogP contribution in [0.2, 0.25) is 0 Å². The van der Waals surface area contributed by atoms with Gasteiger partial charge in [-0.05, 0) is 43.0 Å². The van der Waals surface area contributed by atoms with E-state index in [4.69, 9.17) is 9.15 Å². The van der Waals surface area contributed by atoms with E-state index in [9.17, 15) is 4.79 Å². The molecule has 1 fully saturated rings. The number of furan rings is 1. The van der Waals surface area contributed by atoms with E-state index in [-0.39, 0.29) is 5.56 Å². The van der Waals surface area contributed by atoms with Crippen molar-refractivity contribution in [2.75, 3.05) is 0 Å². The molecule has 2 aromatic carbocycles. The van der Waals surface area contributed by atoms with Crippen LogP contribution in [0.25, 0.3) is 16.7 Å². The van der Waals surface area contributed by atoms with Crippen molar-refractivity contribution in [2.24, 2.45) is 0 Å². The third-order valence-corrected chi connectivity index (χ3v) is 6.47. The molecule has 2 unspecified atom stereocenters. The number of fused-ring (bicyclic) bond motifs is 6. The first kappa shape index (κ1) is 18.5. The molecule has 1 saturated heterocycles. The highest BCUT2D eigenvalue weighted by Crippen LogP contribution is 2.40. The fourth-order valence-corrected chi connectivity index (χ4v) is 4.98. The standard InChI is InChI=1S/C26H24N2O3/c29-25-15-20(30-16-17-5-2-1-3-6-17)11-12-28(25)19-9-10-21-23(14-19)31-24-13-18-7-4-8-22(27-18)26(21)24/h1-3,5-6,9-12,14-15,18,22,27H,4,7-8,13,16H2. The molecule has 4 aromatic rings. The van der Waals surface area contributed by atoms with Crippen molar-refractivity contribution >= 4 is 11.0 Å². The van der Waals surface area contributed by atoms with Gasteiger partial charge >= 0.3 is 0 Å². The predicted octanol–water partition coefficient (Wildman–Crippen LogP) is 4.90. The Bertz CT molecular complexity index is 1310. The number of aromatic nitrogens is 1. The molecule has 2 bridgehead atoms. The van der Waals surface area contributed by atoms with Crippen LogP contribution in [0.1, 0.15) is 42.2 Å². The Balaban J connectivity index is 1.29. The van der Waals surface area contributed by atoms with Crippen molar-refractivity contribution in [3.8, 4) is 11.4 Å². The summed E-state index contributed by atoms with van der Waals surface area (Å²) in [5.41, 5.74) is 3.91. The molecule has 1 N–H and O–H groups in total. The fourth-order valence-electron chi connectivity index (χ4n) is 4.98. The van der Waals surface area contributed by atoms with Gasteiger partial charge in [0.15, 0.2) is 0 Å². The highest BCUT2D eigenvalue weighted by molar-refractivity contribution is 5.85. The summed E-state index contributed by atoms with van der Waals surface area (Å²) in [6.07, 6.45) is 6.35. The highest BCUT2D eigenvalue weighted by atomic mass is 16.5. The van der Waals surface area contributed by atoms with Crippen LogP contribution in [-0.2, 0) is 13.0 Å². The van der Waals surface area contributed by atoms with Crippen LogP contribution in [0.4, 0.5) is 0 Å². The second-order valence-corrected chi connectivity index (χ2v) is 8.52. The number of nitrogens with zero attached hydrogens (tertiary/aromatic N) is 1. The van der Waals surface area contributed by atoms with E-state index in [1.54, 1.807) is 10.8 Å². The van der Waals surface area contributed by atoms with E-state index in [0.717, 1.165) is 40.8 Å². The summed E-state index contributed by atoms with van der Waals surface area (Å²) in [5.74, 6) is 1.68. The van der Waals surface area contributed by atoms with Gasteiger partial charge in [-0.3, -0.25) is 9.36 Å². The molecule has 2 aliphatic heterocycles. The monoisotopic (exact) mass is 412 g/mol. The predicted molar refractivity (Wildman–Crippen MR) is 120 cm³/mol. The number of rotatable bonds is 4. The Morgan fingerprint density at radius 1 is 1.06 bits per heavy atom.